The van der Waals surface area contributed by atoms with Gasteiger partial charge in [0.2, 0.25) is 0 Å². The third-order valence-corrected chi connectivity index (χ3v) is 4.86. The average Bonchev–Trinajstić information content (AvgIpc) is 2.57. The highest BCUT2D eigenvalue weighted by Gasteiger charge is 2.32. The van der Waals surface area contributed by atoms with Crippen LogP contribution in [0.15, 0.2) is 35.5 Å². The maximum Gasteiger partial charge on any atom is 0.337 e. The Morgan fingerprint density at radius 2 is 2.08 bits per heavy atom. The summed E-state index contributed by atoms with van der Waals surface area (Å²) >= 11 is 0. The number of nitrogens with zero attached hydrogens (tertiary/aromatic N) is 1. The molecule has 6 nitrogen and oxygen atoms in total. The first kappa shape index (κ1) is 17.3. The van der Waals surface area contributed by atoms with E-state index < -0.39 is 0 Å². The minimum atomic E-state index is -0.379. The lowest BCUT2D eigenvalue weighted by Gasteiger charge is -2.39. The fourth-order valence-corrected chi connectivity index (χ4v) is 3.58. The maximum absolute atomic E-state index is 12.4. The van der Waals surface area contributed by atoms with E-state index in [0.29, 0.717) is 30.5 Å². The van der Waals surface area contributed by atoms with Gasteiger partial charge in [-0.1, -0.05) is 18.2 Å². The van der Waals surface area contributed by atoms with Crippen molar-refractivity contribution in [2.75, 3.05) is 18.1 Å². The van der Waals surface area contributed by atoms with Gasteiger partial charge in [0, 0.05) is 11.7 Å². The van der Waals surface area contributed by atoms with Crippen molar-refractivity contribution in [2.24, 2.45) is 0 Å². The molecule has 2 N–H and O–H groups in total. The fourth-order valence-electron chi connectivity index (χ4n) is 3.58. The van der Waals surface area contributed by atoms with Gasteiger partial charge in [-0.2, -0.15) is 0 Å². The molecule has 0 unspecified atom stereocenters. The Balaban J connectivity index is 1.96. The smallest absolute Gasteiger partial charge is 0.337 e. The van der Waals surface area contributed by atoms with Gasteiger partial charge >= 0.3 is 12.0 Å². The zero-order valence-corrected chi connectivity index (χ0v) is 15.0. The number of nitrogens with one attached hydrogen (secondary N) is 2. The van der Waals surface area contributed by atoms with Crippen molar-refractivity contribution in [3.05, 3.63) is 41.1 Å². The molecule has 0 spiro atoms. The van der Waals surface area contributed by atoms with Crippen LogP contribution < -0.4 is 15.5 Å². The zero-order valence-electron chi connectivity index (χ0n) is 15.0. The first-order valence-electron chi connectivity index (χ1n) is 8.83. The third-order valence-electron chi connectivity index (χ3n) is 4.86. The monoisotopic (exact) mass is 343 g/mol. The minimum absolute atomic E-state index is 0.284. The van der Waals surface area contributed by atoms with E-state index in [2.05, 4.69) is 34.6 Å². The number of benzene rings is 1. The standard InChI is InChI=1S/C19H25N3O3/c1-4-25-18(23)17-13(3)20-19(24)21-15(17)11-22-12(2)9-10-14-7-5-6-8-16(14)22/h5-8,12-13H,4,9-11H2,1-3H3,(H2,20,21,24)/t12-,13+/m1/s1. The largest absolute Gasteiger partial charge is 0.463 e. The number of carbonyl (C=O) groups is 2. The van der Waals surface area contributed by atoms with Crippen LogP contribution >= 0.6 is 0 Å². The van der Waals surface area contributed by atoms with Gasteiger partial charge in [-0.05, 0) is 45.2 Å². The van der Waals surface area contributed by atoms with E-state index >= 15 is 0 Å². The Hall–Kier alpha value is -2.50. The number of carbonyl (C=O) groups excluding carboxylic acids is 2. The van der Waals surface area contributed by atoms with E-state index in [4.69, 9.17) is 4.74 Å². The fraction of sp³-hybridized carbons (Fsp3) is 0.474. The molecule has 2 aliphatic heterocycles. The molecule has 1 aromatic carbocycles. The summed E-state index contributed by atoms with van der Waals surface area (Å²) in [6.45, 7) is 6.54. The van der Waals surface area contributed by atoms with E-state index in [0.717, 1.165) is 18.5 Å². The van der Waals surface area contributed by atoms with E-state index in [1.165, 1.54) is 5.56 Å². The van der Waals surface area contributed by atoms with Crippen molar-refractivity contribution >= 4 is 17.7 Å². The molecule has 0 aromatic heterocycles. The SMILES string of the molecule is CCOC(=O)C1=C(CN2c3ccccc3CC[C@H]2C)NC(=O)N[C@H]1C. The van der Waals surface area contributed by atoms with Crippen LogP contribution in [0.4, 0.5) is 10.5 Å². The van der Waals surface area contributed by atoms with Crippen molar-refractivity contribution in [3.63, 3.8) is 0 Å². The van der Waals surface area contributed by atoms with Gasteiger partial charge in [-0.3, -0.25) is 0 Å². The summed E-state index contributed by atoms with van der Waals surface area (Å²) < 4.78 is 5.20. The van der Waals surface area contributed by atoms with Crippen molar-refractivity contribution < 1.29 is 14.3 Å². The van der Waals surface area contributed by atoms with Crippen LogP contribution in [0.1, 0.15) is 32.8 Å². The van der Waals surface area contributed by atoms with Gasteiger partial charge in [-0.25, -0.2) is 9.59 Å². The molecule has 2 amide bonds. The molecule has 0 saturated carbocycles. The summed E-state index contributed by atoms with van der Waals surface area (Å²) in [5.74, 6) is -0.379. The summed E-state index contributed by atoms with van der Waals surface area (Å²) in [4.78, 5) is 26.6. The molecule has 1 aromatic rings. The number of ether oxygens (including phenoxy) is 1. The number of para-hydroxylation sites is 1. The number of hydrogen-bond acceptors (Lipinski definition) is 4. The number of fused-ring (bicyclic) bond motifs is 1. The molecule has 0 fully saturated rings. The predicted molar refractivity (Wildman–Crippen MR) is 96.4 cm³/mol. The number of hydrogen-bond donors (Lipinski definition) is 2. The van der Waals surface area contributed by atoms with Crippen molar-refractivity contribution in [2.45, 2.75) is 45.7 Å². The summed E-state index contributed by atoms with van der Waals surface area (Å²) in [5, 5.41) is 5.56. The molecular weight excluding hydrogens is 318 g/mol. The number of rotatable bonds is 4. The van der Waals surface area contributed by atoms with Gasteiger partial charge in [0.1, 0.15) is 0 Å². The van der Waals surface area contributed by atoms with Crippen LogP contribution in [-0.4, -0.2) is 37.2 Å². The van der Waals surface area contributed by atoms with Gasteiger partial charge < -0.3 is 20.3 Å². The number of aryl methyl sites for hydroxylation is 1. The first-order valence-corrected chi connectivity index (χ1v) is 8.83. The highest BCUT2D eigenvalue weighted by atomic mass is 16.5. The van der Waals surface area contributed by atoms with Gasteiger partial charge in [0.05, 0.1) is 30.5 Å². The van der Waals surface area contributed by atoms with Crippen LogP contribution in [0.2, 0.25) is 0 Å². The maximum atomic E-state index is 12.4. The molecule has 0 saturated heterocycles. The van der Waals surface area contributed by atoms with E-state index in [1.54, 1.807) is 13.8 Å². The molecule has 2 atom stereocenters. The minimum Gasteiger partial charge on any atom is -0.463 e. The summed E-state index contributed by atoms with van der Waals surface area (Å²) in [7, 11) is 0. The van der Waals surface area contributed by atoms with Crippen LogP contribution in [0.25, 0.3) is 0 Å². The Bertz CT molecular complexity index is 714. The lowest BCUT2D eigenvalue weighted by molar-refractivity contribution is -0.139. The quantitative estimate of drug-likeness (QED) is 0.823. The molecule has 0 bridgehead atoms. The average molecular weight is 343 g/mol. The third kappa shape index (κ3) is 3.48. The molecular formula is C19H25N3O3. The molecule has 2 heterocycles. The zero-order chi connectivity index (χ0) is 18.0. The predicted octanol–water partition coefficient (Wildman–Crippen LogP) is 2.35. The molecule has 134 valence electrons. The van der Waals surface area contributed by atoms with Gasteiger partial charge in [-0.15, -0.1) is 0 Å². The number of urea groups is 1. The lowest BCUT2D eigenvalue weighted by Crippen LogP contribution is -2.52. The second-order valence-corrected chi connectivity index (χ2v) is 6.58. The van der Waals surface area contributed by atoms with Crippen molar-refractivity contribution in [1.82, 2.24) is 10.6 Å². The normalized spacial score (nSPS) is 22.8. The lowest BCUT2D eigenvalue weighted by atomic mass is 9.95. The summed E-state index contributed by atoms with van der Waals surface area (Å²) in [6, 6.07) is 7.97. The highest BCUT2D eigenvalue weighted by Crippen LogP contribution is 2.31. The van der Waals surface area contributed by atoms with Crippen LogP contribution in [0.5, 0.6) is 0 Å². The highest BCUT2D eigenvalue weighted by molar-refractivity contribution is 5.95. The van der Waals surface area contributed by atoms with Crippen molar-refractivity contribution in [3.8, 4) is 0 Å². The Morgan fingerprint density at radius 1 is 1.32 bits per heavy atom. The van der Waals surface area contributed by atoms with Crippen molar-refractivity contribution in [1.29, 1.82) is 0 Å². The van der Waals surface area contributed by atoms with Gasteiger partial charge in [0.25, 0.3) is 0 Å². The van der Waals surface area contributed by atoms with Gasteiger partial charge in [0.15, 0.2) is 0 Å². The molecule has 2 aliphatic rings. The Morgan fingerprint density at radius 3 is 2.84 bits per heavy atom. The van der Waals surface area contributed by atoms with E-state index in [9.17, 15) is 9.59 Å². The number of esters is 1. The molecule has 0 radical (unpaired) electrons. The summed E-state index contributed by atoms with van der Waals surface area (Å²) in [5.41, 5.74) is 3.58. The first-order chi connectivity index (χ1) is 12.0. The second kappa shape index (κ2) is 7.17. The van der Waals surface area contributed by atoms with Crippen LogP contribution in [0, 0.1) is 0 Å². The molecule has 3 rings (SSSR count). The van der Waals surface area contributed by atoms with E-state index in [1.807, 2.05) is 12.1 Å². The van der Waals surface area contributed by atoms with Crippen LogP contribution in [-0.2, 0) is 16.0 Å². The number of anilines is 1. The second-order valence-electron chi connectivity index (χ2n) is 6.58. The van der Waals surface area contributed by atoms with Crippen LogP contribution in [0.3, 0.4) is 0 Å². The molecule has 6 heteroatoms. The van der Waals surface area contributed by atoms with E-state index in [-0.39, 0.29) is 18.0 Å². The topological polar surface area (TPSA) is 70.7 Å². The number of amides is 2. The Labute approximate surface area is 148 Å². The Kier molecular flexibility index (Phi) is 4.97. The molecule has 25 heavy (non-hydrogen) atoms. The summed E-state index contributed by atoms with van der Waals surface area (Å²) in [6.07, 6.45) is 2.09. The molecule has 0 aliphatic carbocycles.